The van der Waals surface area contributed by atoms with E-state index in [-0.39, 0.29) is 17.9 Å². The minimum Gasteiger partial charge on any atom is -0.485 e. The van der Waals surface area contributed by atoms with Crippen LogP contribution in [0.4, 0.5) is 14.5 Å². The van der Waals surface area contributed by atoms with Crippen molar-refractivity contribution in [2.45, 2.75) is 13.5 Å². The Morgan fingerprint density at radius 1 is 1.14 bits per heavy atom. The molecule has 29 heavy (non-hydrogen) atoms. The standard InChI is InChI=1S/C19H15F2N3O5/c1-11-22-17(24-29-11)9-27-14-5-2-12(3-6-14)19(26)28-10-18(25)23-16-8-13(20)4-7-15(16)21/h2-8H,9-10H2,1H3,(H,23,25). The molecule has 0 radical (unpaired) electrons. The highest BCUT2D eigenvalue weighted by molar-refractivity contribution is 5.95. The average Bonchev–Trinajstić information content (AvgIpc) is 3.13. The van der Waals surface area contributed by atoms with Gasteiger partial charge in [-0.05, 0) is 36.4 Å². The second-order valence-corrected chi connectivity index (χ2v) is 5.79. The minimum absolute atomic E-state index is 0.0952. The van der Waals surface area contributed by atoms with E-state index < -0.39 is 30.1 Å². The first-order valence-corrected chi connectivity index (χ1v) is 8.35. The van der Waals surface area contributed by atoms with E-state index in [1.54, 1.807) is 6.92 Å². The van der Waals surface area contributed by atoms with Crippen LogP contribution in [0.25, 0.3) is 0 Å². The van der Waals surface area contributed by atoms with Crippen LogP contribution in [0.3, 0.4) is 0 Å². The molecule has 1 heterocycles. The van der Waals surface area contributed by atoms with E-state index in [2.05, 4.69) is 15.5 Å². The van der Waals surface area contributed by atoms with Crippen molar-refractivity contribution >= 4 is 17.6 Å². The van der Waals surface area contributed by atoms with Gasteiger partial charge in [-0.3, -0.25) is 4.79 Å². The highest BCUT2D eigenvalue weighted by Crippen LogP contribution is 2.16. The van der Waals surface area contributed by atoms with Crippen molar-refractivity contribution in [3.63, 3.8) is 0 Å². The average molecular weight is 403 g/mol. The Morgan fingerprint density at radius 3 is 2.59 bits per heavy atom. The zero-order valence-electron chi connectivity index (χ0n) is 15.1. The Morgan fingerprint density at radius 2 is 1.90 bits per heavy atom. The Kier molecular flexibility index (Phi) is 6.12. The largest absolute Gasteiger partial charge is 0.485 e. The molecule has 0 unspecified atom stereocenters. The molecule has 10 heteroatoms. The minimum atomic E-state index is -0.808. The highest BCUT2D eigenvalue weighted by Gasteiger charge is 2.13. The fraction of sp³-hybridized carbons (Fsp3) is 0.158. The molecule has 0 bridgehead atoms. The van der Waals surface area contributed by atoms with Crippen LogP contribution in [-0.2, 0) is 16.1 Å². The molecule has 0 saturated carbocycles. The number of hydrogen-bond acceptors (Lipinski definition) is 7. The van der Waals surface area contributed by atoms with Crippen molar-refractivity contribution in [2.75, 3.05) is 11.9 Å². The van der Waals surface area contributed by atoms with Crippen LogP contribution < -0.4 is 10.1 Å². The van der Waals surface area contributed by atoms with Gasteiger partial charge in [0.25, 0.3) is 5.91 Å². The molecular weight excluding hydrogens is 388 g/mol. The van der Waals surface area contributed by atoms with E-state index >= 15 is 0 Å². The lowest BCUT2D eigenvalue weighted by Crippen LogP contribution is -2.21. The molecule has 0 fully saturated rings. The molecule has 1 N–H and O–H groups in total. The molecule has 150 valence electrons. The van der Waals surface area contributed by atoms with E-state index in [0.29, 0.717) is 17.5 Å². The number of esters is 1. The summed E-state index contributed by atoms with van der Waals surface area (Å²) in [7, 11) is 0. The maximum Gasteiger partial charge on any atom is 0.338 e. The number of halogens is 2. The van der Waals surface area contributed by atoms with E-state index in [9.17, 15) is 18.4 Å². The molecule has 0 spiro atoms. The number of ether oxygens (including phenoxy) is 2. The van der Waals surface area contributed by atoms with E-state index in [0.717, 1.165) is 18.2 Å². The van der Waals surface area contributed by atoms with Crippen LogP contribution in [0.2, 0.25) is 0 Å². The van der Waals surface area contributed by atoms with Gasteiger partial charge in [0.15, 0.2) is 13.2 Å². The zero-order chi connectivity index (χ0) is 20.8. The molecule has 2 aromatic carbocycles. The lowest BCUT2D eigenvalue weighted by molar-refractivity contribution is -0.119. The lowest BCUT2D eigenvalue weighted by Gasteiger charge is -2.08. The van der Waals surface area contributed by atoms with Gasteiger partial charge in [-0.2, -0.15) is 4.98 Å². The van der Waals surface area contributed by atoms with Gasteiger partial charge < -0.3 is 19.3 Å². The maximum atomic E-state index is 13.5. The lowest BCUT2D eigenvalue weighted by atomic mass is 10.2. The Balaban J connectivity index is 1.48. The SMILES string of the molecule is Cc1nc(COc2ccc(C(=O)OCC(=O)Nc3cc(F)ccc3F)cc2)no1. The Labute approximate surface area is 163 Å². The third-order valence-electron chi connectivity index (χ3n) is 3.56. The van der Waals surface area contributed by atoms with Crippen LogP contribution >= 0.6 is 0 Å². The molecular formula is C19H15F2N3O5. The smallest absolute Gasteiger partial charge is 0.338 e. The number of nitrogens with zero attached hydrogens (tertiary/aromatic N) is 2. The normalized spacial score (nSPS) is 10.4. The van der Waals surface area contributed by atoms with Crippen LogP contribution in [-0.4, -0.2) is 28.6 Å². The number of amides is 1. The van der Waals surface area contributed by atoms with Crippen molar-refractivity contribution in [3.8, 4) is 5.75 Å². The predicted octanol–water partition coefficient (Wildman–Crippen LogP) is 3.03. The topological polar surface area (TPSA) is 104 Å². The van der Waals surface area contributed by atoms with Gasteiger partial charge in [0.05, 0.1) is 11.3 Å². The van der Waals surface area contributed by atoms with E-state index in [1.165, 1.54) is 24.3 Å². The summed E-state index contributed by atoms with van der Waals surface area (Å²) in [4.78, 5) is 27.8. The van der Waals surface area contributed by atoms with Gasteiger partial charge in [-0.1, -0.05) is 5.16 Å². The number of aromatic nitrogens is 2. The first-order valence-electron chi connectivity index (χ1n) is 8.35. The molecule has 0 saturated heterocycles. The van der Waals surface area contributed by atoms with Crippen LogP contribution in [0.5, 0.6) is 5.75 Å². The summed E-state index contributed by atoms with van der Waals surface area (Å²) in [5.41, 5.74) is -0.165. The second-order valence-electron chi connectivity index (χ2n) is 5.79. The van der Waals surface area contributed by atoms with Gasteiger partial charge in [0.1, 0.15) is 17.4 Å². The molecule has 0 aliphatic carbocycles. The van der Waals surface area contributed by atoms with Crippen LogP contribution in [0, 0.1) is 18.6 Å². The number of aryl methyl sites for hydroxylation is 1. The zero-order valence-corrected chi connectivity index (χ0v) is 15.1. The Hall–Kier alpha value is -3.82. The van der Waals surface area contributed by atoms with Crippen molar-refractivity contribution < 1.29 is 32.4 Å². The fourth-order valence-corrected chi connectivity index (χ4v) is 2.23. The summed E-state index contributed by atoms with van der Waals surface area (Å²) in [5.74, 6) is -1.83. The fourth-order valence-electron chi connectivity index (χ4n) is 2.23. The molecule has 0 atom stereocenters. The molecule has 0 aliphatic heterocycles. The van der Waals surface area contributed by atoms with E-state index in [4.69, 9.17) is 14.0 Å². The van der Waals surface area contributed by atoms with Gasteiger partial charge in [-0.15, -0.1) is 0 Å². The summed E-state index contributed by atoms with van der Waals surface area (Å²) in [6.07, 6.45) is 0. The van der Waals surface area contributed by atoms with Gasteiger partial charge in [0.2, 0.25) is 11.7 Å². The number of hydrogen-bond donors (Lipinski definition) is 1. The van der Waals surface area contributed by atoms with Crippen molar-refractivity contribution in [1.82, 2.24) is 10.1 Å². The monoisotopic (exact) mass is 403 g/mol. The molecule has 1 aromatic heterocycles. The summed E-state index contributed by atoms with van der Waals surface area (Å²) in [6, 6.07) is 8.58. The molecule has 0 aliphatic rings. The van der Waals surface area contributed by atoms with E-state index in [1.807, 2.05) is 0 Å². The number of nitrogens with one attached hydrogen (secondary N) is 1. The maximum absolute atomic E-state index is 13.5. The molecule has 1 amide bonds. The molecule has 8 nitrogen and oxygen atoms in total. The predicted molar refractivity (Wildman–Crippen MR) is 95.1 cm³/mol. The van der Waals surface area contributed by atoms with Crippen LogP contribution in [0.1, 0.15) is 22.1 Å². The van der Waals surface area contributed by atoms with Crippen LogP contribution in [0.15, 0.2) is 47.0 Å². The third kappa shape index (κ3) is 5.58. The number of carbonyl (C=O) groups is 2. The van der Waals surface area contributed by atoms with Gasteiger partial charge in [0, 0.05) is 13.0 Å². The summed E-state index contributed by atoms with van der Waals surface area (Å²) >= 11 is 0. The first-order chi connectivity index (χ1) is 13.9. The van der Waals surface area contributed by atoms with Crippen molar-refractivity contribution in [2.24, 2.45) is 0 Å². The first kappa shape index (κ1) is 19.9. The summed E-state index contributed by atoms with van der Waals surface area (Å²) in [6.45, 7) is 1.09. The van der Waals surface area contributed by atoms with Crippen molar-refractivity contribution in [1.29, 1.82) is 0 Å². The second kappa shape index (κ2) is 8.91. The summed E-state index contributed by atoms with van der Waals surface area (Å²) < 4.78 is 41.7. The molecule has 3 aromatic rings. The molecule has 3 rings (SSSR count). The highest BCUT2D eigenvalue weighted by atomic mass is 19.1. The number of anilines is 1. The van der Waals surface area contributed by atoms with Gasteiger partial charge in [-0.25, -0.2) is 13.6 Å². The number of rotatable bonds is 7. The third-order valence-corrected chi connectivity index (χ3v) is 3.56. The Bertz CT molecular complexity index is 1020. The number of benzene rings is 2. The quantitative estimate of drug-likeness (QED) is 0.605. The number of carbonyl (C=O) groups excluding carboxylic acids is 2. The summed E-state index contributed by atoms with van der Waals surface area (Å²) in [5, 5.41) is 5.82. The van der Waals surface area contributed by atoms with Crippen molar-refractivity contribution in [3.05, 3.63) is 71.4 Å². The van der Waals surface area contributed by atoms with Gasteiger partial charge >= 0.3 is 5.97 Å².